The number of nitrogens with zero attached hydrogens (tertiary/aromatic N) is 3. The second kappa shape index (κ2) is 5.96. The SMILES string of the molecule is Cc1ccncc1N1CCCN(c2ccc3ccccc3c2)C1=O. The molecule has 0 bridgehead atoms. The third-order valence-corrected chi connectivity index (χ3v) is 4.57. The topological polar surface area (TPSA) is 36.4 Å². The van der Waals surface area contributed by atoms with Crippen molar-refractivity contribution in [3.05, 3.63) is 66.5 Å². The molecule has 1 aliphatic heterocycles. The Bertz CT molecular complexity index is 906. The average molecular weight is 317 g/mol. The van der Waals surface area contributed by atoms with Crippen molar-refractivity contribution < 1.29 is 4.79 Å². The van der Waals surface area contributed by atoms with E-state index in [-0.39, 0.29) is 6.03 Å². The lowest BCUT2D eigenvalue weighted by atomic mass is 10.1. The maximum absolute atomic E-state index is 13.0. The van der Waals surface area contributed by atoms with Gasteiger partial charge in [0.1, 0.15) is 0 Å². The first-order valence-corrected chi connectivity index (χ1v) is 8.22. The van der Waals surface area contributed by atoms with Gasteiger partial charge in [-0.05, 0) is 47.9 Å². The summed E-state index contributed by atoms with van der Waals surface area (Å²) in [6, 6.07) is 16.4. The molecule has 24 heavy (non-hydrogen) atoms. The van der Waals surface area contributed by atoms with Gasteiger partial charge in [0, 0.05) is 25.0 Å². The molecule has 4 rings (SSSR count). The zero-order valence-corrected chi connectivity index (χ0v) is 13.6. The number of rotatable bonds is 2. The molecule has 2 heterocycles. The van der Waals surface area contributed by atoms with Crippen LogP contribution in [-0.4, -0.2) is 24.1 Å². The lowest BCUT2D eigenvalue weighted by molar-refractivity contribution is 0.248. The van der Waals surface area contributed by atoms with Crippen molar-refractivity contribution in [3.8, 4) is 0 Å². The molecule has 1 aromatic heterocycles. The number of anilines is 2. The molecule has 0 spiro atoms. The molecule has 4 nitrogen and oxygen atoms in total. The third-order valence-electron chi connectivity index (χ3n) is 4.57. The van der Waals surface area contributed by atoms with Crippen LogP contribution in [-0.2, 0) is 0 Å². The number of aromatic nitrogens is 1. The highest BCUT2D eigenvalue weighted by molar-refractivity contribution is 6.05. The van der Waals surface area contributed by atoms with Crippen LogP contribution in [0.25, 0.3) is 10.8 Å². The number of benzene rings is 2. The number of aryl methyl sites for hydroxylation is 1. The van der Waals surface area contributed by atoms with Gasteiger partial charge in [0.15, 0.2) is 0 Å². The van der Waals surface area contributed by atoms with Crippen LogP contribution in [0.2, 0.25) is 0 Å². The Morgan fingerprint density at radius 1 is 0.958 bits per heavy atom. The first kappa shape index (κ1) is 14.7. The molecule has 0 saturated carbocycles. The van der Waals surface area contributed by atoms with Crippen molar-refractivity contribution in [1.82, 2.24) is 4.98 Å². The fraction of sp³-hybridized carbons (Fsp3) is 0.200. The smallest absolute Gasteiger partial charge is 0.294 e. The lowest BCUT2D eigenvalue weighted by Gasteiger charge is -2.36. The molecule has 4 heteroatoms. The number of fused-ring (bicyclic) bond motifs is 1. The Labute approximate surface area is 141 Å². The minimum Gasteiger partial charge on any atom is -0.294 e. The van der Waals surface area contributed by atoms with Crippen LogP contribution < -0.4 is 9.80 Å². The Morgan fingerprint density at radius 2 is 1.75 bits per heavy atom. The highest BCUT2D eigenvalue weighted by Gasteiger charge is 2.28. The van der Waals surface area contributed by atoms with Crippen LogP contribution in [0.15, 0.2) is 60.9 Å². The minimum atomic E-state index is 0.0210. The Hall–Kier alpha value is -2.88. The van der Waals surface area contributed by atoms with Crippen LogP contribution in [0.3, 0.4) is 0 Å². The second-order valence-electron chi connectivity index (χ2n) is 6.13. The van der Waals surface area contributed by atoms with Crippen LogP contribution >= 0.6 is 0 Å². The monoisotopic (exact) mass is 317 g/mol. The van der Waals surface area contributed by atoms with E-state index in [1.54, 1.807) is 12.4 Å². The molecular formula is C20H19N3O. The van der Waals surface area contributed by atoms with E-state index < -0.39 is 0 Å². The quantitative estimate of drug-likeness (QED) is 0.703. The third kappa shape index (κ3) is 2.50. The van der Waals surface area contributed by atoms with E-state index in [9.17, 15) is 4.79 Å². The van der Waals surface area contributed by atoms with Gasteiger partial charge < -0.3 is 0 Å². The predicted molar refractivity (Wildman–Crippen MR) is 97.6 cm³/mol. The van der Waals surface area contributed by atoms with Crippen LogP contribution in [0, 0.1) is 6.92 Å². The van der Waals surface area contributed by atoms with E-state index in [2.05, 4.69) is 29.2 Å². The Morgan fingerprint density at radius 3 is 2.58 bits per heavy atom. The first-order valence-electron chi connectivity index (χ1n) is 8.22. The maximum atomic E-state index is 13.0. The number of pyridine rings is 1. The molecule has 120 valence electrons. The van der Waals surface area contributed by atoms with Crippen LogP contribution in [0.5, 0.6) is 0 Å². The molecular weight excluding hydrogens is 298 g/mol. The summed E-state index contributed by atoms with van der Waals surface area (Å²) in [5.74, 6) is 0. The van der Waals surface area contributed by atoms with Crippen LogP contribution in [0.1, 0.15) is 12.0 Å². The summed E-state index contributed by atoms with van der Waals surface area (Å²) in [4.78, 5) is 20.9. The Kier molecular flexibility index (Phi) is 3.65. The zero-order chi connectivity index (χ0) is 16.5. The van der Waals surface area contributed by atoms with Gasteiger partial charge in [-0.2, -0.15) is 0 Å². The molecule has 1 saturated heterocycles. The van der Waals surface area contributed by atoms with Gasteiger partial charge in [-0.1, -0.05) is 30.3 Å². The van der Waals surface area contributed by atoms with Crippen molar-refractivity contribution in [3.63, 3.8) is 0 Å². The van der Waals surface area contributed by atoms with Gasteiger partial charge in [-0.15, -0.1) is 0 Å². The summed E-state index contributed by atoms with van der Waals surface area (Å²) in [5.41, 5.74) is 2.91. The largest absolute Gasteiger partial charge is 0.329 e. The van der Waals surface area contributed by atoms with Crippen molar-refractivity contribution in [2.75, 3.05) is 22.9 Å². The normalized spacial score (nSPS) is 15.1. The number of urea groups is 1. The van der Waals surface area contributed by atoms with Gasteiger partial charge in [0.2, 0.25) is 0 Å². The van der Waals surface area contributed by atoms with Crippen molar-refractivity contribution in [1.29, 1.82) is 0 Å². The summed E-state index contributed by atoms with van der Waals surface area (Å²) in [7, 11) is 0. The Balaban J connectivity index is 1.70. The van der Waals surface area contributed by atoms with E-state index in [4.69, 9.17) is 0 Å². The lowest BCUT2D eigenvalue weighted by Crippen LogP contribution is -2.50. The predicted octanol–water partition coefficient (Wildman–Crippen LogP) is 4.38. The summed E-state index contributed by atoms with van der Waals surface area (Å²) in [6.07, 6.45) is 4.47. The molecule has 2 aromatic carbocycles. The molecule has 0 N–H and O–H groups in total. The number of amides is 2. The second-order valence-corrected chi connectivity index (χ2v) is 6.13. The summed E-state index contributed by atoms with van der Waals surface area (Å²) in [5, 5.41) is 2.34. The highest BCUT2D eigenvalue weighted by Crippen LogP contribution is 2.28. The molecule has 2 amide bonds. The van der Waals surface area contributed by atoms with E-state index >= 15 is 0 Å². The fourth-order valence-electron chi connectivity index (χ4n) is 3.27. The number of carbonyl (C=O) groups excluding carboxylic acids is 1. The van der Waals surface area contributed by atoms with E-state index in [1.165, 1.54) is 5.39 Å². The maximum Gasteiger partial charge on any atom is 0.329 e. The molecule has 0 radical (unpaired) electrons. The summed E-state index contributed by atoms with van der Waals surface area (Å²) in [6.45, 7) is 3.49. The van der Waals surface area contributed by atoms with Gasteiger partial charge in [-0.25, -0.2) is 4.79 Å². The highest BCUT2D eigenvalue weighted by atomic mass is 16.2. The molecule has 0 unspecified atom stereocenters. The summed E-state index contributed by atoms with van der Waals surface area (Å²) >= 11 is 0. The fourth-order valence-corrected chi connectivity index (χ4v) is 3.27. The summed E-state index contributed by atoms with van der Waals surface area (Å²) < 4.78 is 0. The van der Waals surface area contributed by atoms with Gasteiger partial charge in [0.05, 0.1) is 11.9 Å². The zero-order valence-electron chi connectivity index (χ0n) is 13.6. The van der Waals surface area contributed by atoms with Crippen LogP contribution in [0.4, 0.5) is 16.2 Å². The molecule has 1 fully saturated rings. The van der Waals surface area contributed by atoms with Gasteiger partial charge in [-0.3, -0.25) is 14.8 Å². The first-order chi connectivity index (χ1) is 11.7. The van der Waals surface area contributed by atoms with Crippen molar-refractivity contribution in [2.45, 2.75) is 13.3 Å². The number of carbonyl (C=O) groups is 1. The molecule has 1 aliphatic rings. The molecule has 0 atom stereocenters. The van der Waals surface area contributed by atoms with E-state index in [0.29, 0.717) is 0 Å². The standard InChI is InChI=1S/C20H19N3O/c1-15-9-10-21-14-19(15)23-12-4-11-22(20(23)24)18-8-7-16-5-2-3-6-17(16)13-18/h2-3,5-10,13-14H,4,11-12H2,1H3. The van der Waals surface area contributed by atoms with Crippen molar-refractivity contribution in [2.24, 2.45) is 0 Å². The van der Waals surface area contributed by atoms with E-state index in [1.807, 2.05) is 41.0 Å². The number of hydrogen-bond donors (Lipinski definition) is 0. The van der Waals surface area contributed by atoms with Gasteiger partial charge >= 0.3 is 6.03 Å². The number of hydrogen-bond acceptors (Lipinski definition) is 2. The molecule has 3 aromatic rings. The van der Waals surface area contributed by atoms with E-state index in [0.717, 1.165) is 41.8 Å². The van der Waals surface area contributed by atoms with Crippen molar-refractivity contribution >= 4 is 28.2 Å². The average Bonchev–Trinajstić information content (AvgIpc) is 2.62. The van der Waals surface area contributed by atoms with Gasteiger partial charge in [0.25, 0.3) is 0 Å². The molecule has 0 aliphatic carbocycles. The minimum absolute atomic E-state index is 0.0210.